The van der Waals surface area contributed by atoms with Gasteiger partial charge in [0.25, 0.3) is 5.56 Å². The van der Waals surface area contributed by atoms with Crippen molar-refractivity contribution in [2.75, 3.05) is 7.05 Å². The van der Waals surface area contributed by atoms with Gasteiger partial charge < -0.3 is 14.1 Å². The maximum absolute atomic E-state index is 13.1. The van der Waals surface area contributed by atoms with Crippen LogP contribution in [-0.4, -0.2) is 39.7 Å². The Labute approximate surface area is 195 Å². The highest BCUT2D eigenvalue weighted by molar-refractivity contribution is 7.19. The normalized spacial score (nSPS) is 23.0. The van der Waals surface area contributed by atoms with Crippen LogP contribution in [0.15, 0.2) is 64.3 Å². The van der Waals surface area contributed by atoms with Gasteiger partial charge >= 0.3 is 0 Å². The Balaban J connectivity index is 1.21. The zero-order chi connectivity index (χ0) is 22.4. The van der Waals surface area contributed by atoms with Crippen molar-refractivity contribution in [1.82, 2.24) is 14.5 Å². The van der Waals surface area contributed by atoms with Gasteiger partial charge in [-0.25, -0.2) is 4.98 Å². The van der Waals surface area contributed by atoms with E-state index in [1.54, 1.807) is 17.2 Å². The van der Waals surface area contributed by atoms with Gasteiger partial charge in [-0.2, -0.15) is 0 Å². The molecule has 33 heavy (non-hydrogen) atoms. The summed E-state index contributed by atoms with van der Waals surface area (Å²) in [5, 5.41) is 0. The SMILES string of the molecule is CN1[C@@H]2CC[C@H]1C[C@@H](Oc1ccc(-n3cnc4cc(/C=C/c5ccco5)sc4c3=O)cc1)C2. The molecule has 3 atom stereocenters. The minimum atomic E-state index is -0.0665. The summed E-state index contributed by atoms with van der Waals surface area (Å²) in [5.74, 6) is 1.63. The first-order valence-electron chi connectivity index (χ1n) is 11.4. The lowest BCUT2D eigenvalue weighted by Crippen LogP contribution is -2.43. The van der Waals surface area contributed by atoms with Crippen molar-refractivity contribution in [3.63, 3.8) is 0 Å². The molecule has 0 saturated carbocycles. The zero-order valence-electron chi connectivity index (χ0n) is 18.4. The van der Waals surface area contributed by atoms with E-state index < -0.39 is 0 Å². The summed E-state index contributed by atoms with van der Waals surface area (Å²) in [6, 6.07) is 14.7. The van der Waals surface area contributed by atoms with Gasteiger partial charge in [0.2, 0.25) is 0 Å². The van der Waals surface area contributed by atoms with Crippen molar-refractivity contribution in [3.8, 4) is 11.4 Å². The Morgan fingerprint density at radius 3 is 2.64 bits per heavy atom. The number of ether oxygens (including phenoxy) is 1. The number of nitrogens with zero attached hydrogens (tertiary/aromatic N) is 3. The average Bonchev–Trinajstić information content (AvgIpc) is 3.53. The monoisotopic (exact) mass is 459 g/mol. The topological polar surface area (TPSA) is 60.5 Å². The fourth-order valence-electron chi connectivity index (χ4n) is 5.08. The van der Waals surface area contributed by atoms with Gasteiger partial charge in [-0.3, -0.25) is 9.36 Å². The van der Waals surface area contributed by atoms with E-state index in [1.165, 1.54) is 24.2 Å². The number of hydrogen-bond acceptors (Lipinski definition) is 6. The average molecular weight is 460 g/mol. The van der Waals surface area contributed by atoms with Gasteiger partial charge in [-0.05, 0) is 87.3 Å². The van der Waals surface area contributed by atoms with Crippen LogP contribution in [-0.2, 0) is 0 Å². The number of benzene rings is 1. The molecule has 6 rings (SSSR count). The van der Waals surface area contributed by atoms with Crippen LogP contribution in [0.2, 0.25) is 0 Å². The second-order valence-corrected chi connectivity index (χ2v) is 9.97. The molecule has 0 radical (unpaired) electrons. The second-order valence-electron chi connectivity index (χ2n) is 8.89. The minimum Gasteiger partial charge on any atom is -0.490 e. The molecule has 5 heterocycles. The van der Waals surface area contributed by atoms with Crippen LogP contribution in [0.3, 0.4) is 0 Å². The molecular formula is C26H25N3O3S. The molecule has 0 amide bonds. The lowest BCUT2D eigenvalue weighted by atomic mass is 10.0. The second kappa shape index (κ2) is 8.32. The maximum Gasteiger partial charge on any atom is 0.275 e. The third kappa shape index (κ3) is 3.92. The molecule has 1 aromatic carbocycles. The number of hydrogen-bond donors (Lipinski definition) is 0. The zero-order valence-corrected chi connectivity index (χ0v) is 19.2. The van der Waals surface area contributed by atoms with Gasteiger partial charge in [0.05, 0.1) is 17.5 Å². The lowest BCUT2D eigenvalue weighted by molar-refractivity contribution is 0.0662. The van der Waals surface area contributed by atoms with Crippen LogP contribution in [0, 0.1) is 0 Å². The van der Waals surface area contributed by atoms with Crippen LogP contribution < -0.4 is 10.3 Å². The van der Waals surface area contributed by atoms with Crippen molar-refractivity contribution >= 4 is 33.7 Å². The van der Waals surface area contributed by atoms with Crippen molar-refractivity contribution < 1.29 is 9.15 Å². The molecule has 0 N–H and O–H groups in total. The lowest BCUT2D eigenvalue weighted by Gasteiger charge is -2.36. The van der Waals surface area contributed by atoms with Crippen LogP contribution in [0.25, 0.3) is 28.1 Å². The highest BCUT2D eigenvalue weighted by Crippen LogP contribution is 2.36. The fraction of sp³-hybridized carbons (Fsp3) is 0.308. The molecule has 2 aliphatic rings. The van der Waals surface area contributed by atoms with Crippen molar-refractivity contribution in [1.29, 1.82) is 0 Å². The van der Waals surface area contributed by atoms with Crippen molar-refractivity contribution in [2.24, 2.45) is 0 Å². The van der Waals surface area contributed by atoms with Gasteiger partial charge in [0.15, 0.2) is 0 Å². The molecular weight excluding hydrogens is 434 g/mol. The molecule has 168 valence electrons. The first kappa shape index (κ1) is 20.4. The summed E-state index contributed by atoms with van der Waals surface area (Å²) >= 11 is 1.43. The summed E-state index contributed by atoms with van der Waals surface area (Å²) in [7, 11) is 2.24. The van der Waals surface area contributed by atoms with Gasteiger partial charge in [0, 0.05) is 17.0 Å². The summed E-state index contributed by atoms with van der Waals surface area (Å²) in [6.07, 6.45) is 12.1. The van der Waals surface area contributed by atoms with Crippen molar-refractivity contribution in [3.05, 3.63) is 76.0 Å². The smallest absolute Gasteiger partial charge is 0.275 e. The number of aromatic nitrogens is 2. The van der Waals surface area contributed by atoms with Gasteiger partial charge in [-0.15, -0.1) is 11.3 Å². The molecule has 0 spiro atoms. The Morgan fingerprint density at radius 2 is 1.91 bits per heavy atom. The van der Waals surface area contributed by atoms with E-state index in [-0.39, 0.29) is 11.7 Å². The first-order valence-corrected chi connectivity index (χ1v) is 12.2. The quantitative estimate of drug-likeness (QED) is 0.410. The van der Waals surface area contributed by atoms with E-state index >= 15 is 0 Å². The highest BCUT2D eigenvalue weighted by atomic mass is 32.1. The third-order valence-electron chi connectivity index (χ3n) is 6.88. The van der Waals surface area contributed by atoms with Crippen LogP contribution >= 0.6 is 11.3 Å². The van der Waals surface area contributed by atoms with Gasteiger partial charge in [-0.1, -0.05) is 0 Å². The molecule has 2 fully saturated rings. The molecule has 0 aliphatic carbocycles. The number of thiophene rings is 1. The number of furan rings is 1. The third-order valence-corrected chi connectivity index (χ3v) is 7.96. The number of rotatable bonds is 5. The van der Waals surface area contributed by atoms with Crippen LogP contribution in [0.5, 0.6) is 5.75 Å². The van der Waals surface area contributed by atoms with E-state index in [0.29, 0.717) is 22.3 Å². The largest absolute Gasteiger partial charge is 0.490 e. The predicted molar refractivity (Wildman–Crippen MR) is 131 cm³/mol. The molecule has 2 bridgehead atoms. The van der Waals surface area contributed by atoms with Crippen LogP contribution in [0.1, 0.15) is 36.3 Å². The number of fused-ring (bicyclic) bond motifs is 3. The van der Waals surface area contributed by atoms with Crippen molar-refractivity contribution in [2.45, 2.75) is 43.9 Å². The Hall–Kier alpha value is -3.16. The molecule has 2 aliphatic heterocycles. The van der Waals surface area contributed by atoms with E-state index in [1.807, 2.05) is 54.6 Å². The highest BCUT2D eigenvalue weighted by Gasteiger charge is 2.39. The Kier molecular flexibility index (Phi) is 5.15. The summed E-state index contributed by atoms with van der Waals surface area (Å²) in [5.41, 5.74) is 1.42. The summed E-state index contributed by atoms with van der Waals surface area (Å²) in [6.45, 7) is 0. The van der Waals surface area contributed by atoms with Gasteiger partial charge in [0.1, 0.15) is 28.6 Å². The number of piperidine rings is 1. The predicted octanol–water partition coefficient (Wildman–Crippen LogP) is 5.21. The fourth-order valence-corrected chi connectivity index (χ4v) is 6.03. The van der Waals surface area contributed by atoms with E-state index in [4.69, 9.17) is 9.15 Å². The Morgan fingerprint density at radius 1 is 1.12 bits per heavy atom. The minimum absolute atomic E-state index is 0.0665. The first-order chi connectivity index (χ1) is 16.1. The standard InChI is InChI=1S/C26H25N3O3S/c1-28-18-4-5-19(28)14-22(13-18)32-21-8-6-17(7-9-21)29-16-27-24-15-23(33-25(24)26(29)30)11-10-20-3-2-12-31-20/h2-3,6-12,15-16,18-19,22H,4-5,13-14H2,1H3/b11-10+/t18-,19+,22+. The van der Waals surface area contributed by atoms with E-state index in [9.17, 15) is 4.79 Å². The molecule has 6 nitrogen and oxygen atoms in total. The Bertz CT molecular complexity index is 1340. The molecule has 2 saturated heterocycles. The molecule has 0 unspecified atom stereocenters. The maximum atomic E-state index is 13.1. The summed E-state index contributed by atoms with van der Waals surface area (Å²) in [4.78, 5) is 21.1. The van der Waals surface area contributed by atoms with E-state index in [0.717, 1.165) is 34.9 Å². The van der Waals surface area contributed by atoms with E-state index in [2.05, 4.69) is 16.9 Å². The molecule has 7 heteroatoms. The van der Waals surface area contributed by atoms with Crippen LogP contribution in [0.4, 0.5) is 0 Å². The molecule has 3 aromatic heterocycles. The summed E-state index contributed by atoms with van der Waals surface area (Å²) < 4.78 is 13.9. The molecule has 4 aromatic rings.